The number of ether oxygens (including phenoxy) is 2. The highest BCUT2D eigenvalue weighted by Crippen LogP contribution is 2.17. The van der Waals surface area contributed by atoms with Crippen molar-refractivity contribution >= 4 is 0 Å². The molecule has 0 amide bonds. The van der Waals surface area contributed by atoms with Crippen LogP contribution in [0.3, 0.4) is 0 Å². The lowest BCUT2D eigenvalue weighted by molar-refractivity contribution is 0.0289. The van der Waals surface area contributed by atoms with Crippen LogP contribution in [0, 0.1) is 0 Å². The molecule has 1 aliphatic rings. The highest BCUT2D eigenvalue weighted by atomic mass is 16.6. The second kappa shape index (κ2) is 9.00. The van der Waals surface area contributed by atoms with Crippen molar-refractivity contribution in [1.29, 1.82) is 0 Å². The molecule has 1 fully saturated rings. The van der Waals surface area contributed by atoms with Crippen LogP contribution in [-0.2, 0) is 9.47 Å². The molecule has 1 unspecified atom stereocenters. The SMILES string of the molecule is CCCCCC(CCCCC)OCC1CO1. The number of epoxide rings is 1. The van der Waals surface area contributed by atoms with E-state index in [9.17, 15) is 0 Å². The summed E-state index contributed by atoms with van der Waals surface area (Å²) in [7, 11) is 0. The standard InChI is InChI=1S/C14H28O2/c1-3-5-7-9-13(10-8-6-4-2)15-11-14-12-16-14/h13-14H,3-12H2,1-2H3. The summed E-state index contributed by atoms with van der Waals surface area (Å²) in [4.78, 5) is 0. The smallest absolute Gasteiger partial charge is 0.104 e. The summed E-state index contributed by atoms with van der Waals surface area (Å²) in [6.45, 7) is 6.25. The number of hydrogen-bond donors (Lipinski definition) is 0. The molecule has 0 aromatic rings. The Bertz CT molecular complexity index is 145. The molecule has 96 valence electrons. The Morgan fingerprint density at radius 3 is 2.06 bits per heavy atom. The van der Waals surface area contributed by atoms with E-state index in [4.69, 9.17) is 9.47 Å². The largest absolute Gasteiger partial charge is 0.375 e. The Kier molecular flexibility index (Phi) is 7.87. The van der Waals surface area contributed by atoms with Crippen LogP contribution < -0.4 is 0 Å². The minimum atomic E-state index is 0.417. The van der Waals surface area contributed by atoms with Gasteiger partial charge in [-0.15, -0.1) is 0 Å². The van der Waals surface area contributed by atoms with E-state index in [1.54, 1.807) is 0 Å². The van der Waals surface area contributed by atoms with E-state index >= 15 is 0 Å². The first-order chi connectivity index (χ1) is 7.86. The lowest BCUT2D eigenvalue weighted by Gasteiger charge is -2.17. The topological polar surface area (TPSA) is 21.8 Å². The molecular weight excluding hydrogens is 200 g/mol. The molecule has 0 N–H and O–H groups in total. The molecule has 1 aliphatic heterocycles. The van der Waals surface area contributed by atoms with Crippen molar-refractivity contribution in [3.63, 3.8) is 0 Å². The molecular formula is C14H28O2. The molecule has 0 saturated carbocycles. The van der Waals surface area contributed by atoms with Crippen molar-refractivity contribution in [1.82, 2.24) is 0 Å². The molecule has 0 aromatic carbocycles. The van der Waals surface area contributed by atoms with Crippen LogP contribution in [0.5, 0.6) is 0 Å². The van der Waals surface area contributed by atoms with Crippen LogP contribution in [-0.4, -0.2) is 25.4 Å². The fraction of sp³-hybridized carbons (Fsp3) is 1.00. The first-order valence-corrected chi connectivity index (χ1v) is 7.10. The van der Waals surface area contributed by atoms with Gasteiger partial charge in [-0.2, -0.15) is 0 Å². The maximum Gasteiger partial charge on any atom is 0.104 e. The summed E-state index contributed by atoms with van der Waals surface area (Å²) >= 11 is 0. The third-order valence-corrected chi connectivity index (χ3v) is 3.18. The summed E-state index contributed by atoms with van der Waals surface area (Å²) in [6, 6.07) is 0. The molecule has 0 spiro atoms. The summed E-state index contributed by atoms with van der Waals surface area (Å²) in [5, 5.41) is 0. The molecule has 1 rings (SSSR count). The quantitative estimate of drug-likeness (QED) is 0.395. The summed E-state index contributed by atoms with van der Waals surface area (Å²) < 4.78 is 11.1. The van der Waals surface area contributed by atoms with E-state index in [1.807, 2.05) is 0 Å². The van der Waals surface area contributed by atoms with Gasteiger partial charge in [0.1, 0.15) is 6.10 Å². The zero-order chi connectivity index (χ0) is 11.6. The van der Waals surface area contributed by atoms with Crippen LogP contribution in [0.15, 0.2) is 0 Å². The molecule has 16 heavy (non-hydrogen) atoms. The molecule has 0 bridgehead atoms. The third-order valence-electron chi connectivity index (χ3n) is 3.18. The number of rotatable bonds is 11. The van der Waals surface area contributed by atoms with Gasteiger partial charge in [0.15, 0.2) is 0 Å². The van der Waals surface area contributed by atoms with E-state index in [0.29, 0.717) is 12.2 Å². The minimum absolute atomic E-state index is 0.417. The van der Waals surface area contributed by atoms with Crippen molar-refractivity contribution in [3.05, 3.63) is 0 Å². The highest BCUT2D eigenvalue weighted by Gasteiger charge is 2.24. The lowest BCUT2D eigenvalue weighted by Crippen LogP contribution is -2.16. The Morgan fingerprint density at radius 1 is 1.06 bits per heavy atom. The van der Waals surface area contributed by atoms with E-state index in [1.165, 1.54) is 51.4 Å². The zero-order valence-corrected chi connectivity index (χ0v) is 11.0. The maximum atomic E-state index is 5.93. The molecule has 1 atom stereocenters. The van der Waals surface area contributed by atoms with Crippen molar-refractivity contribution in [2.75, 3.05) is 13.2 Å². The van der Waals surface area contributed by atoms with Crippen LogP contribution >= 0.6 is 0 Å². The predicted molar refractivity (Wildman–Crippen MR) is 67.8 cm³/mol. The van der Waals surface area contributed by atoms with Gasteiger partial charge in [-0.25, -0.2) is 0 Å². The summed E-state index contributed by atoms with van der Waals surface area (Å²) in [5.74, 6) is 0. The fourth-order valence-corrected chi connectivity index (χ4v) is 1.96. The van der Waals surface area contributed by atoms with Crippen molar-refractivity contribution in [2.45, 2.75) is 77.4 Å². The van der Waals surface area contributed by atoms with Gasteiger partial charge in [0.05, 0.1) is 19.3 Å². The molecule has 0 radical (unpaired) electrons. The van der Waals surface area contributed by atoms with Gasteiger partial charge in [-0.1, -0.05) is 52.4 Å². The van der Waals surface area contributed by atoms with Crippen LogP contribution in [0.25, 0.3) is 0 Å². The van der Waals surface area contributed by atoms with Crippen LogP contribution in [0.2, 0.25) is 0 Å². The predicted octanol–water partition coefficient (Wildman–Crippen LogP) is 3.93. The average molecular weight is 228 g/mol. The first kappa shape index (κ1) is 14.0. The molecule has 0 aromatic heterocycles. The average Bonchev–Trinajstić information content (AvgIpc) is 3.09. The molecule has 2 heteroatoms. The van der Waals surface area contributed by atoms with Crippen LogP contribution in [0.1, 0.15) is 65.2 Å². The highest BCUT2D eigenvalue weighted by molar-refractivity contribution is 4.69. The Labute approximate surface area is 101 Å². The van der Waals surface area contributed by atoms with Gasteiger partial charge >= 0.3 is 0 Å². The second-order valence-corrected chi connectivity index (χ2v) is 4.90. The summed E-state index contributed by atoms with van der Waals surface area (Å²) in [5.41, 5.74) is 0. The van der Waals surface area contributed by atoms with Gasteiger partial charge in [0.25, 0.3) is 0 Å². The van der Waals surface area contributed by atoms with Gasteiger partial charge in [-0.3, -0.25) is 0 Å². The van der Waals surface area contributed by atoms with Crippen molar-refractivity contribution in [2.24, 2.45) is 0 Å². The number of unbranched alkanes of at least 4 members (excludes halogenated alkanes) is 4. The monoisotopic (exact) mass is 228 g/mol. The van der Waals surface area contributed by atoms with Gasteiger partial charge in [0, 0.05) is 0 Å². The van der Waals surface area contributed by atoms with Crippen molar-refractivity contribution < 1.29 is 9.47 Å². The Hall–Kier alpha value is -0.0800. The van der Waals surface area contributed by atoms with Gasteiger partial charge < -0.3 is 9.47 Å². The normalized spacial score (nSPS) is 19.3. The first-order valence-electron chi connectivity index (χ1n) is 7.10. The molecule has 0 aliphatic carbocycles. The molecule has 1 heterocycles. The second-order valence-electron chi connectivity index (χ2n) is 4.90. The molecule has 1 saturated heterocycles. The van der Waals surface area contributed by atoms with Crippen molar-refractivity contribution in [3.8, 4) is 0 Å². The lowest BCUT2D eigenvalue weighted by atomic mass is 10.0. The zero-order valence-electron chi connectivity index (χ0n) is 11.0. The maximum absolute atomic E-state index is 5.93. The van der Waals surface area contributed by atoms with E-state index < -0.39 is 0 Å². The number of hydrogen-bond acceptors (Lipinski definition) is 2. The Balaban J connectivity index is 2.06. The van der Waals surface area contributed by atoms with E-state index in [-0.39, 0.29) is 0 Å². The van der Waals surface area contributed by atoms with E-state index in [0.717, 1.165) is 13.2 Å². The van der Waals surface area contributed by atoms with E-state index in [2.05, 4.69) is 13.8 Å². The minimum Gasteiger partial charge on any atom is -0.375 e. The summed E-state index contributed by atoms with van der Waals surface area (Å²) in [6.07, 6.45) is 11.3. The molecule has 2 nitrogen and oxygen atoms in total. The van der Waals surface area contributed by atoms with Crippen LogP contribution in [0.4, 0.5) is 0 Å². The Morgan fingerprint density at radius 2 is 1.62 bits per heavy atom. The van der Waals surface area contributed by atoms with Gasteiger partial charge in [-0.05, 0) is 12.8 Å². The fourth-order valence-electron chi connectivity index (χ4n) is 1.96. The van der Waals surface area contributed by atoms with Gasteiger partial charge in [0.2, 0.25) is 0 Å². The third kappa shape index (κ3) is 7.24.